The van der Waals surface area contributed by atoms with Crippen molar-refractivity contribution in [2.24, 2.45) is 0 Å². The number of thioether (sulfide) groups is 2. The topological polar surface area (TPSA) is 12.0 Å². The number of rotatable bonds is 5. The average molecular weight is 322 g/mol. The molecule has 0 spiro atoms. The van der Waals surface area contributed by atoms with Gasteiger partial charge in [0.25, 0.3) is 0 Å². The first-order valence-corrected chi connectivity index (χ1v) is 10.5. The highest BCUT2D eigenvalue weighted by Gasteiger charge is 2.33. The van der Waals surface area contributed by atoms with Crippen molar-refractivity contribution in [2.75, 3.05) is 18.1 Å². The zero-order chi connectivity index (χ0) is 14.7. The summed E-state index contributed by atoms with van der Waals surface area (Å²) in [6.45, 7) is 5.71. The van der Waals surface area contributed by atoms with Crippen molar-refractivity contribution >= 4 is 23.5 Å². The molecule has 3 unspecified atom stereocenters. The second-order valence-corrected chi connectivity index (χ2v) is 8.97. The second-order valence-electron chi connectivity index (χ2n) is 6.20. The van der Waals surface area contributed by atoms with Crippen LogP contribution in [0.1, 0.15) is 56.2 Å². The molecule has 2 fully saturated rings. The van der Waals surface area contributed by atoms with E-state index in [0.717, 1.165) is 17.7 Å². The van der Waals surface area contributed by atoms with Crippen LogP contribution in [-0.2, 0) is 0 Å². The summed E-state index contributed by atoms with van der Waals surface area (Å²) in [5, 5.41) is 5.25. The van der Waals surface area contributed by atoms with E-state index >= 15 is 0 Å². The fraction of sp³-hybridized carbons (Fsp3) is 0.667. The number of hydrogen-bond acceptors (Lipinski definition) is 3. The van der Waals surface area contributed by atoms with Gasteiger partial charge in [0.05, 0.1) is 0 Å². The number of nitrogens with one attached hydrogen (secondary N) is 1. The van der Waals surface area contributed by atoms with Gasteiger partial charge < -0.3 is 5.32 Å². The van der Waals surface area contributed by atoms with E-state index in [2.05, 4.69) is 67.0 Å². The summed E-state index contributed by atoms with van der Waals surface area (Å²) >= 11 is 4.33. The smallest absolute Gasteiger partial charge is 0.0454 e. The summed E-state index contributed by atoms with van der Waals surface area (Å²) in [7, 11) is 0. The van der Waals surface area contributed by atoms with Crippen LogP contribution >= 0.6 is 23.5 Å². The summed E-state index contributed by atoms with van der Waals surface area (Å²) in [6, 6.07) is 9.74. The van der Waals surface area contributed by atoms with Gasteiger partial charge in [-0.15, -0.1) is 0 Å². The molecule has 1 saturated carbocycles. The third-order valence-corrected chi connectivity index (χ3v) is 8.06. The molecule has 3 rings (SSSR count). The van der Waals surface area contributed by atoms with Crippen LogP contribution in [0.15, 0.2) is 24.3 Å². The predicted octanol–water partition coefficient (Wildman–Crippen LogP) is 4.84. The van der Waals surface area contributed by atoms with E-state index in [0.29, 0.717) is 11.3 Å². The van der Waals surface area contributed by atoms with E-state index in [-0.39, 0.29) is 0 Å². The van der Waals surface area contributed by atoms with E-state index in [1.807, 2.05) is 0 Å². The van der Waals surface area contributed by atoms with Gasteiger partial charge in [-0.25, -0.2) is 0 Å². The lowest BCUT2D eigenvalue weighted by Crippen LogP contribution is -2.38. The molecule has 1 heterocycles. The van der Waals surface area contributed by atoms with Gasteiger partial charge >= 0.3 is 0 Å². The Balaban J connectivity index is 1.89. The van der Waals surface area contributed by atoms with Crippen LogP contribution < -0.4 is 5.32 Å². The maximum atomic E-state index is 3.81. The SMILES string of the molecule is CCNC(c1ccccc1C1CCC1)C1SCCSC1C. The van der Waals surface area contributed by atoms with Gasteiger partial charge in [0.15, 0.2) is 0 Å². The molecule has 1 N–H and O–H groups in total. The third-order valence-electron chi connectivity index (χ3n) is 4.87. The molecule has 1 saturated heterocycles. The molecular formula is C18H27NS2. The Morgan fingerprint density at radius 3 is 2.62 bits per heavy atom. The highest BCUT2D eigenvalue weighted by atomic mass is 32.2. The quantitative estimate of drug-likeness (QED) is 0.833. The largest absolute Gasteiger partial charge is 0.309 e. The molecule has 0 aromatic heterocycles. The predicted molar refractivity (Wildman–Crippen MR) is 97.6 cm³/mol. The molecule has 21 heavy (non-hydrogen) atoms. The summed E-state index contributed by atoms with van der Waals surface area (Å²) < 4.78 is 0. The molecule has 0 amide bonds. The molecule has 1 aromatic carbocycles. The fourth-order valence-electron chi connectivity index (χ4n) is 3.52. The standard InChI is InChI=1S/C18H27NS2/c1-3-19-17(18-13(2)20-11-12-21-18)16-10-5-4-9-15(16)14-7-6-8-14/h4-5,9-10,13-14,17-19H,3,6-8,11-12H2,1-2H3. The van der Waals surface area contributed by atoms with Crippen LogP contribution in [0.5, 0.6) is 0 Å². The summed E-state index contributed by atoms with van der Waals surface area (Å²) in [5.74, 6) is 3.43. The Kier molecular flexibility index (Phi) is 5.58. The lowest BCUT2D eigenvalue weighted by molar-refractivity contribution is 0.410. The molecule has 3 atom stereocenters. The van der Waals surface area contributed by atoms with Gasteiger partial charge in [-0.2, -0.15) is 23.5 Å². The lowest BCUT2D eigenvalue weighted by Gasteiger charge is -2.38. The minimum Gasteiger partial charge on any atom is -0.309 e. The van der Waals surface area contributed by atoms with Gasteiger partial charge in [-0.1, -0.05) is 44.5 Å². The lowest BCUT2D eigenvalue weighted by atomic mass is 9.76. The van der Waals surface area contributed by atoms with Crippen molar-refractivity contribution in [1.29, 1.82) is 0 Å². The van der Waals surface area contributed by atoms with E-state index in [1.165, 1.54) is 30.8 Å². The van der Waals surface area contributed by atoms with Gasteiger partial charge in [0, 0.05) is 28.0 Å². The van der Waals surface area contributed by atoms with Crippen LogP contribution in [0.3, 0.4) is 0 Å². The highest BCUT2D eigenvalue weighted by Crippen LogP contribution is 2.44. The van der Waals surface area contributed by atoms with Gasteiger partial charge in [-0.05, 0) is 36.4 Å². The Hall–Kier alpha value is -0.120. The van der Waals surface area contributed by atoms with Crippen LogP contribution in [0.4, 0.5) is 0 Å². The van der Waals surface area contributed by atoms with Crippen LogP contribution in [0, 0.1) is 0 Å². The summed E-state index contributed by atoms with van der Waals surface area (Å²) in [4.78, 5) is 0. The van der Waals surface area contributed by atoms with E-state index in [9.17, 15) is 0 Å². The molecule has 116 valence electrons. The van der Waals surface area contributed by atoms with Crippen molar-refractivity contribution in [3.05, 3.63) is 35.4 Å². The van der Waals surface area contributed by atoms with Gasteiger partial charge in [-0.3, -0.25) is 0 Å². The minimum atomic E-state index is 0.514. The van der Waals surface area contributed by atoms with E-state index < -0.39 is 0 Å². The molecule has 0 bridgehead atoms. The van der Waals surface area contributed by atoms with Crippen molar-refractivity contribution in [1.82, 2.24) is 5.32 Å². The average Bonchev–Trinajstić information content (AvgIpc) is 2.45. The minimum absolute atomic E-state index is 0.514. The van der Waals surface area contributed by atoms with Crippen LogP contribution in [0.25, 0.3) is 0 Å². The molecular weight excluding hydrogens is 294 g/mol. The van der Waals surface area contributed by atoms with Crippen LogP contribution in [0.2, 0.25) is 0 Å². The normalized spacial score (nSPS) is 28.1. The first-order chi connectivity index (χ1) is 10.3. The molecule has 1 nitrogen and oxygen atoms in total. The molecule has 1 aliphatic carbocycles. The first-order valence-electron chi connectivity index (χ1n) is 8.36. The molecule has 3 heteroatoms. The molecule has 1 aromatic rings. The fourth-order valence-corrected chi connectivity index (χ4v) is 6.46. The number of benzene rings is 1. The number of hydrogen-bond donors (Lipinski definition) is 1. The van der Waals surface area contributed by atoms with Crippen molar-refractivity contribution in [3.8, 4) is 0 Å². The van der Waals surface area contributed by atoms with Crippen LogP contribution in [-0.4, -0.2) is 28.6 Å². The van der Waals surface area contributed by atoms with Crippen molar-refractivity contribution in [3.63, 3.8) is 0 Å². The highest BCUT2D eigenvalue weighted by molar-refractivity contribution is 8.07. The zero-order valence-corrected chi connectivity index (χ0v) is 14.8. The summed E-state index contributed by atoms with van der Waals surface area (Å²) in [6.07, 6.45) is 4.19. The first kappa shape index (κ1) is 15.8. The van der Waals surface area contributed by atoms with Crippen molar-refractivity contribution < 1.29 is 0 Å². The van der Waals surface area contributed by atoms with E-state index in [4.69, 9.17) is 0 Å². The molecule has 2 aliphatic rings. The Bertz CT molecular complexity index is 458. The third kappa shape index (κ3) is 3.46. The summed E-state index contributed by atoms with van der Waals surface area (Å²) in [5.41, 5.74) is 3.20. The molecule has 0 radical (unpaired) electrons. The Morgan fingerprint density at radius 2 is 1.95 bits per heavy atom. The maximum Gasteiger partial charge on any atom is 0.0454 e. The van der Waals surface area contributed by atoms with E-state index in [1.54, 1.807) is 11.1 Å². The monoisotopic (exact) mass is 321 g/mol. The van der Waals surface area contributed by atoms with Crippen molar-refractivity contribution in [2.45, 2.75) is 55.6 Å². The second kappa shape index (κ2) is 7.43. The maximum absolute atomic E-state index is 3.81. The molecule has 1 aliphatic heterocycles. The Labute approximate surface area is 138 Å². The van der Waals surface area contributed by atoms with Gasteiger partial charge in [0.1, 0.15) is 0 Å². The zero-order valence-electron chi connectivity index (χ0n) is 13.2. The Morgan fingerprint density at radius 1 is 1.19 bits per heavy atom. The van der Waals surface area contributed by atoms with Gasteiger partial charge in [0.2, 0.25) is 0 Å².